The number of hydrogen-bond acceptors (Lipinski definition) is 3. The predicted molar refractivity (Wildman–Crippen MR) is 76.3 cm³/mol. The minimum atomic E-state index is -3.44. The fraction of sp³-hybridized carbons (Fsp3) is 0.545. The first kappa shape index (κ1) is 15.9. The molecular weight excluding hydrogens is 340 g/mol. The lowest BCUT2D eigenvalue weighted by molar-refractivity contribution is 0.573. The van der Waals surface area contributed by atoms with Crippen LogP contribution in [0.4, 0.5) is 0 Å². The maximum Gasteiger partial charge on any atom is 0.242 e. The van der Waals surface area contributed by atoms with Gasteiger partial charge >= 0.3 is 0 Å². The molecule has 1 aromatic rings. The van der Waals surface area contributed by atoms with Gasteiger partial charge in [0.2, 0.25) is 10.0 Å². The summed E-state index contributed by atoms with van der Waals surface area (Å²) in [5.41, 5.74) is 0. The first-order valence-electron chi connectivity index (χ1n) is 5.72. The summed E-state index contributed by atoms with van der Waals surface area (Å²) in [6.45, 7) is 0.442. The average molecular weight is 356 g/mol. The molecule has 0 amide bonds. The van der Waals surface area contributed by atoms with Gasteiger partial charge in [-0.2, -0.15) is 0 Å². The summed E-state index contributed by atoms with van der Waals surface area (Å²) < 4.78 is 27.0. The largest absolute Gasteiger partial charge is 0.262 e. The fourth-order valence-corrected chi connectivity index (χ4v) is 3.17. The van der Waals surface area contributed by atoms with Crippen LogP contribution in [0.2, 0.25) is 0 Å². The Balaban J connectivity index is 2.41. The van der Waals surface area contributed by atoms with Crippen molar-refractivity contribution in [2.24, 2.45) is 0 Å². The standard InChI is InChI=1S/C11H16BrClN2O2S/c12-10-7-11(9-14-8-10)18(16,17)15-6-4-2-1-3-5-13/h7-9,15H,1-6H2. The minimum Gasteiger partial charge on any atom is -0.262 e. The molecule has 4 nitrogen and oxygen atoms in total. The molecule has 0 aliphatic carbocycles. The van der Waals surface area contributed by atoms with E-state index < -0.39 is 10.0 Å². The van der Waals surface area contributed by atoms with Crippen molar-refractivity contribution >= 4 is 37.6 Å². The van der Waals surface area contributed by atoms with E-state index in [2.05, 4.69) is 25.6 Å². The molecule has 1 heterocycles. The van der Waals surface area contributed by atoms with Crippen molar-refractivity contribution in [3.63, 3.8) is 0 Å². The summed E-state index contributed by atoms with van der Waals surface area (Å²) in [6, 6.07) is 1.53. The molecule has 0 aliphatic rings. The van der Waals surface area contributed by atoms with E-state index >= 15 is 0 Å². The van der Waals surface area contributed by atoms with Crippen molar-refractivity contribution in [3.05, 3.63) is 22.9 Å². The van der Waals surface area contributed by atoms with Crippen molar-refractivity contribution in [2.45, 2.75) is 30.6 Å². The van der Waals surface area contributed by atoms with Crippen molar-refractivity contribution in [3.8, 4) is 0 Å². The number of nitrogens with zero attached hydrogens (tertiary/aromatic N) is 1. The number of nitrogens with one attached hydrogen (secondary N) is 1. The van der Waals surface area contributed by atoms with E-state index in [0.717, 1.165) is 25.7 Å². The van der Waals surface area contributed by atoms with E-state index in [9.17, 15) is 8.42 Å². The molecule has 0 fully saturated rings. The SMILES string of the molecule is O=S(=O)(NCCCCCCCl)c1cncc(Br)c1. The molecule has 0 aromatic carbocycles. The smallest absolute Gasteiger partial charge is 0.242 e. The van der Waals surface area contributed by atoms with E-state index in [1.54, 1.807) is 6.20 Å². The van der Waals surface area contributed by atoms with Crippen LogP contribution < -0.4 is 4.72 Å². The lowest BCUT2D eigenvalue weighted by Gasteiger charge is -2.06. The van der Waals surface area contributed by atoms with Gasteiger partial charge in [0.1, 0.15) is 4.90 Å². The third-order valence-electron chi connectivity index (χ3n) is 2.34. The molecule has 0 atom stereocenters. The van der Waals surface area contributed by atoms with Crippen LogP contribution >= 0.6 is 27.5 Å². The number of halogens is 2. The predicted octanol–water partition coefficient (Wildman–Crippen LogP) is 2.92. The molecule has 102 valence electrons. The maximum absolute atomic E-state index is 11.9. The van der Waals surface area contributed by atoms with Crippen LogP contribution in [-0.4, -0.2) is 25.8 Å². The van der Waals surface area contributed by atoms with Gasteiger partial charge < -0.3 is 0 Å². The zero-order valence-corrected chi connectivity index (χ0v) is 13.1. The van der Waals surface area contributed by atoms with Crippen LogP contribution in [0.15, 0.2) is 27.8 Å². The lowest BCUT2D eigenvalue weighted by Crippen LogP contribution is -2.24. The molecule has 0 bridgehead atoms. The number of rotatable bonds is 8. The van der Waals surface area contributed by atoms with E-state index in [1.807, 2.05) is 0 Å². The Morgan fingerprint density at radius 3 is 2.61 bits per heavy atom. The Labute approximate surface area is 121 Å². The summed E-state index contributed by atoms with van der Waals surface area (Å²) in [6.07, 6.45) is 6.68. The van der Waals surface area contributed by atoms with Crippen molar-refractivity contribution in [1.29, 1.82) is 0 Å². The van der Waals surface area contributed by atoms with Gasteiger partial charge in [-0.3, -0.25) is 4.98 Å². The zero-order chi connectivity index (χ0) is 13.4. The number of unbranched alkanes of at least 4 members (excludes halogenated alkanes) is 3. The van der Waals surface area contributed by atoms with Gasteiger partial charge in [-0.15, -0.1) is 11.6 Å². The van der Waals surface area contributed by atoms with Gasteiger partial charge in [0.05, 0.1) is 0 Å². The number of hydrogen-bond donors (Lipinski definition) is 1. The highest BCUT2D eigenvalue weighted by atomic mass is 79.9. The highest BCUT2D eigenvalue weighted by Crippen LogP contribution is 2.14. The summed E-state index contributed by atoms with van der Waals surface area (Å²) in [4.78, 5) is 4.02. The average Bonchev–Trinajstić information content (AvgIpc) is 2.33. The molecule has 7 heteroatoms. The van der Waals surface area contributed by atoms with Gasteiger partial charge in [-0.25, -0.2) is 13.1 Å². The summed E-state index contributed by atoms with van der Waals surface area (Å²) >= 11 is 8.76. The van der Waals surface area contributed by atoms with Gasteiger partial charge in [0, 0.05) is 29.3 Å². The molecule has 0 saturated heterocycles. The Kier molecular flexibility index (Phi) is 7.14. The molecule has 18 heavy (non-hydrogen) atoms. The van der Waals surface area contributed by atoms with Crippen LogP contribution in [0.5, 0.6) is 0 Å². The number of aromatic nitrogens is 1. The van der Waals surface area contributed by atoms with Crippen molar-refractivity contribution < 1.29 is 8.42 Å². The monoisotopic (exact) mass is 354 g/mol. The Hall–Kier alpha value is -0.170. The summed E-state index contributed by atoms with van der Waals surface area (Å²) in [5, 5.41) is 0. The third-order valence-corrected chi connectivity index (χ3v) is 4.47. The highest BCUT2D eigenvalue weighted by Gasteiger charge is 2.13. The van der Waals surface area contributed by atoms with E-state index in [1.165, 1.54) is 12.3 Å². The molecule has 1 N–H and O–H groups in total. The quantitative estimate of drug-likeness (QED) is 0.576. The van der Waals surface area contributed by atoms with E-state index in [4.69, 9.17) is 11.6 Å². The number of sulfonamides is 1. The molecule has 0 unspecified atom stereocenters. The van der Waals surface area contributed by atoms with E-state index in [-0.39, 0.29) is 4.90 Å². The Morgan fingerprint density at radius 2 is 1.94 bits per heavy atom. The normalized spacial score (nSPS) is 11.7. The second-order valence-electron chi connectivity index (χ2n) is 3.84. The van der Waals surface area contributed by atoms with Gasteiger partial charge in [-0.05, 0) is 34.8 Å². The number of alkyl halides is 1. The first-order valence-corrected chi connectivity index (χ1v) is 8.53. The zero-order valence-electron chi connectivity index (χ0n) is 9.90. The van der Waals surface area contributed by atoms with Crippen LogP contribution in [0.3, 0.4) is 0 Å². The topological polar surface area (TPSA) is 59.1 Å². The van der Waals surface area contributed by atoms with E-state index in [0.29, 0.717) is 16.9 Å². The highest BCUT2D eigenvalue weighted by molar-refractivity contribution is 9.10. The summed E-state index contributed by atoms with van der Waals surface area (Å²) in [5.74, 6) is 0.662. The molecule has 1 aromatic heterocycles. The van der Waals surface area contributed by atoms with Crippen LogP contribution in [0.1, 0.15) is 25.7 Å². The first-order chi connectivity index (χ1) is 8.56. The van der Waals surface area contributed by atoms with Gasteiger partial charge in [0.25, 0.3) is 0 Å². The molecule has 0 saturated carbocycles. The van der Waals surface area contributed by atoms with Crippen LogP contribution in [0.25, 0.3) is 0 Å². The second kappa shape index (κ2) is 8.09. The Morgan fingerprint density at radius 1 is 1.22 bits per heavy atom. The fourth-order valence-electron chi connectivity index (χ4n) is 1.40. The van der Waals surface area contributed by atoms with Crippen LogP contribution in [0, 0.1) is 0 Å². The third kappa shape index (κ3) is 5.65. The molecule has 0 spiro atoms. The van der Waals surface area contributed by atoms with Gasteiger partial charge in [0.15, 0.2) is 0 Å². The Bertz CT molecular complexity index is 468. The lowest BCUT2D eigenvalue weighted by atomic mass is 10.2. The van der Waals surface area contributed by atoms with Crippen molar-refractivity contribution in [2.75, 3.05) is 12.4 Å². The van der Waals surface area contributed by atoms with Crippen molar-refractivity contribution in [1.82, 2.24) is 9.71 Å². The maximum atomic E-state index is 11.9. The molecule has 1 rings (SSSR count). The molecular formula is C11H16BrClN2O2S. The second-order valence-corrected chi connectivity index (χ2v) is 6.90. The minimum absolute atomic E-state index is 0.178. The number of pyridine rings is 1. The summed E-state index contributed by atoms with van der Waals surface area (Å²) in [7, 11) is -3.44. The molecule has 0 radical (unpaired) electrons. The van der Waals surface area contributed by atoms with Gasteiger partial charge in [-0.1, -0.05) is 12.8 Å². The molecule has 0 aliphatic heterocycles. The van der Waals surface area contributed by atoms with Crippen LogP contribution in [-0.2, 0) is 10.0 Å².